The van der Waals surface area contributed by atoms with Crippen LogP contribution >= 0.6 is 0 Å². The lowest BCUT2D eigenvalue weighted by Gasteiger charge is -2.35. The van der Waals surface area contributed by atoms with E-state index in [4.69, 9.17) is 5.11 Å². The molecule has 3 fully saturated rings. The van der Waals surface area contributed by atoms with Gasteiger partial charge in [-0.3, -0.25) is 0 Å². The number of nitrogens with zero attached hydrogens (tertiary/aromatic N) is 6. The summed E-state index contributed by atoms with van der Waals surface area (Å²) in [6.45, 7) is 1.79. The van der Waals surface area contributed by atoms with Gasteiger partial charge in [0.05, 0.1) is 35.6 Å². The minimum atomic E-state index is -2.71. The number of piperidine rings is 2. The average molecular weight is 576 g/mol. The molecule has 0 bridgehead atoms. The molecule has 13 heteroatoms. The van der Waals surface area contributed by atoms with Crippen LogP contribution in [0.15, 0.2) is 36.5 Å². The molecule has 1 aliphatic carbocycles. The van der Waals surface area contributed by atoms with E-state index in [0.717, 1.165) is 37.3 Å². The molecule has 1 atom stereocenters. The molecule has 2 saturated heterocycles. The van der Waals surface area contributed by atoms with Crippen molar-refractivity contribution in [3.63, 3.8) is 0 Å². The molecule has 6 rings (SSSR count). The lowest BCUT2D eigenvalue weighted by atomic mass is 9.93. The van der Waals surface area contributed by atoms with Gasteiger partial charge < -0.3 is 19.6 Å². The molecule has 2 aromatic heterocycles. The van der Waals surface area contributed by atoms with Crippen molar-refractivity contribution in [2.24, 2.45) is 5.41 Å². The molecule has 9 nitrogen and oxygen atoms in total. The number of anilines is 3. The molecule has 40 heavy (non-hydrogen) atoms. The van der Waals surface area contributed by atoms with Gasteiger partial charge in [0, 0.05) is 56.8 Å². The molecule has 1 spiro atoms. The van der Waals surface area contributed by atoms with E-state index in [1.54, 1.807) is 21.8 Å². The van der Waals surface area contributed by atoms with Crippen molar-refractivity contribution < 1.29 is 22.5 Å². The first-order valence-electron chi connectivity index (χ1n) is 13.6. The van der Waals surface area contributed by atoms with Crippen LogP contribution in [0.2, 0.25) is 0 Å². The summed E-state index contributed by atoms with van der Waals surface area (Å²) in [5.74, 6) is -2.81. The Labute approximate surface area is 233 Å². The Morgan fingerprint density at radius 2 is 1.65 bits per heavy atom. The SMILES string of the molecule is O=S(CCO)Nc1ccc(-n2cc(-c3cc(F)cc(N4CCC(F)(F)CC4)n3)nn2)c(N2CCC3(CC2)CC3)c1. The zero-order valence-corrected chi connectivity index (χ0v) is 22.8. The normalized spacial score (nSPS) is 20.5. The highest BCUT2D eigenvalue weighted by atomic mass is 32.2. The molecule has 214 valence electrons. The molecule has 2 N–H and O–H groups in total. The van der Waals surface area contributed by atoms with Crippen LogP contribution in [0, 0.1) is 11.2 Å². The number of benzene rings is 1. The maximum Gasteiger partial charge on any atom is 0.251 e. The Balaban J connectivity index is 1.29. The number of hydrogen-bond donors (Lipinski definition) is 2. The van der Waals surface area contributed by atoms with E-state index in [9.17, 15) is 17.4 Å². The van der Waals surface area contributed by atoms with Crippen LogP contribution in [0.5, 0.6) is 0 Å². The zero-order chi connectivity index (χ0) is 27.9. The van der Waals surface area contributed by atoms with Crippen LogP contribution in [0.4, 0.5) is 30.4 Å². The van der Waals surface area contributed by atoms with E-state index in [2.05, 4.69) is 24.9 Å². The number of halogens is 3. The summed E-state index contributed by atoms with van der Waals surface area (Å²) in [6.07, 6.45) is 5.88. The van der Waals surface area contributed by atoms with E-state index in [-0.39, 0.29) is 44.0 Å². The summed E-state index contributed by atoms with van der Waals surface area (Å²) in [7, 11) is -1.41. The Kier molecular flexibility index (Phi) is 7.19. The second-order valence-corrected chi connectivity index (χ2v) is 12.3. The zero-order valence-electron chi connectivity index (χ0n) is 22.0. The topological polar surface area (TPSA) is 99.4 Å². The summed E-state index contributed by atoms with van der Waals surface area (Å²) in [5, 5.41) is 17.7. The van der Waals surface area contributed by atoms with Gasteiger partial charge in [0.15, 0.2) is 0 Å². The van der Waals surface area contributed by atoms with Crippen molar-refractivity contribution in [3.8, 4) is 17.1 Å². The summed E-state index contributed by atoms with van der Waals surface area (Å²) < 4.78 is 58.7. The highest BCUT2D eigenvalue weighted by Gasteiger charge is 2.44. The number of pyridine rings is 1. The smallest absolute Gasteiger partial charge is 0.251 e. The Hall–Kier alpha value is -3.19. The van der Waals surface area contributed by atoms with E-state index < -0.39 is 22.7 Å². The second-order valence-electron chi connectivity index (χ2n) is 11.0. The first kappa shape index (κ1) is 27.0. The average Bonchev–Trinajstić information content (AvgIpc) is 3.49. The van der Waals surface area contributed by atoms with Crippen molar-refractivity contribution in [2.45, 2.75) is 44.4 Å². The van der Waals surface area contributed by atoms with Crippen LogP contribution in [0.3, 0.4) is 0 Å². The molecule has 2 aliphatic heterocycles. The number of alkyl halides is 2. The lowest BCUT2D eigenvalue weighted by Crippen LogP contribution is -2.39. The summed E-state index contributed by atoms with van der Waals surface area (Å²) in [5.41, 5.74) is 3.45. The van der Waals surface area contributed by atoms with Gasteiger partial charge in [-0.05, 0) is 49.3 Å². The van der Waals surface area contributed by atoms with Gasteiger partial charge in [0.2, 0.25) is 0 Å². The standard InChI is InChI=1S/C27H32F3N7O2S/c28-19-15-21(31-25(16-19)36-11-7-27(29,30)8-12-36)22-18-37(34-32-22)23-2-1-20(33-40(39)14-13-38)17-24(23)35-9-5-26(3-4-26)6-10-35/h1-2,15-18,33,38H,3-14H2. The van der Waals surface area contributed by atoms with Crippen LogP contribution in [-0.2, 0) is 11.0 Å². The van der Waals surface area contributed by atoms with E-state index >= 15 is 0 Å². The molecule has 3 aliphatic rings. The molecular weight excluding hydrogens is 543 g/mol. The number of rotatable bonds is 8. The van der Waals surface area contributed by atoms with Gasteiger partial charge in [-0.15, -0.1) is 5.10 Å². The van der Waals surface area contributed by atoms with Crippen molar-refractivity contribution in [1.29, 1.82) is 0 Å². The quantitative estimate of drug-likeness (QED) is 0.416. The van der Waals surface area contributed by atoms with Crippen molar-refractivity contribution >= 4 is 28.2 Å². The minimum Gasteiger partial charge on any atom is -0.395 e. The summed E-state index contributed by atoms with van der Waals surface area (Å²) in [4.78, 5) is 8.50. The maximum atomic E-state index is 14.6. The van der Waals surface area contributed by atoms with Crippen LogP contribution in [0.25, 0.3) is 17.1 Å². The molecule has 0 radical (unpaired) electrons. The number of nitrogens with one attached hydrogen (secondary N) is 1. The molecule has 4 heterocycles. The van der Waals surface area contributed by atoms with Gasteiger partial charge in [-0.2, -0.15) is 0 Å². The van der Waals surface area contributed by atoms with Crippen LogP contribution in [0.1, 0.15) is 38.5 Å². The third-order valence-electron chi connectivity index (χ3n) is 8.20. The van der Waals surface area contributed by atoms with Crippen LogP contribution in [-0.4, -0.2) is 73.8 Å². The van der Waals surface area contributed by atoms with Gasteiger partial charge in [-0.1, -0.05) is 5.21 Å². The molecule has 3 aromatic rings. The number of hydrogen-bond acceptors (Lipinski definition) is 7. The lowest BCUT2D eigenvalue weighted by molar-refractivity contribution is -0.0221. The van der Waals surface area contributed by atoms with E-state index in [0.29, 0.717) is 22.6 Å². The Bertz CT molecular complexity index is 1390. The third kappa shape index (κ3) is 5.80. The molecule has 1 aromatic carbocycles. The number of aliphatic hydroxyl groups excluding tert-OH is 1. The first-order chi connectivity index (χ1) is 19.2. The Morgan fingerprint density at radius 3 is 2.35 bits per heavy atom. The van der Waals surface area contributed by atoms with Crippen molar-refractivity contribution in [1.82, 2.24) is 20.0 Å². The Morgan fingerprint density at radius 1 is 0.925 bits per heavy atom. The molecule has 0 amide bonds. The highest BCUT2D eigenvalue weighted by Crippen LogP contribution is 2.54. The van der Waals surface area contributed by atoms with E-state index in [1.165, 1.54) is 25.0 Å². The number of aromatic nitrogens is 4. The summed E-state index contributed by atoms with van der Waals surface area (Å²) >= 11 is 0. The van der Waals surface area contributed by atoms with Crippen molar-refractivity contribution in [3.05, 3.63) is 42.3 Å². The van der Waals surface area contributed by atoms with E-state index in [1.807, 2.05) is 12.1 Å². The number of aliphatic hydroxyl groups is 1. The van der Waals surface area contributed by atoms with Crippen LogP contribution < -0.4 is 14.5 Å². The fraction of sp³-hybridized carbons (Fsp3) is 0.519. The maximum absolute atomic E-state index is 14.6. The fourth-order valence-corrected chi connectivity index (χ4v) is 6.19. The van der Waals surface area contributed by atoms with Gasteiger partial charge >= 0.3 is 0 Å². The molecule has 1 unspecified atom stereocenters. The molecule has 1 saturated carbocycles. The summed E-state index contributed by atoms with van der Waals surface area (Å²) in [6, 6.07) is 8.12. The third-order valence-corrected chi connectivity index (χ3v) is 9.22. The fourth-order valence-electron chi connectivity index (χ4n) is 5.54. The van der Waals surface area contributed by atoms with Crippen molar-refractivity contribution in [2.75, 3.05) is 53.1 Å². The highest BCUT2D eigenvalue weighted by molar-refractivity contribution is 7.86. The molecular formula is C27H32F3N7O2S. The predicted octanol–water partition coefficient (Wildman–Crippen LogP) is 4.15. The predicted molar refractivity (Wildman–Crippen MR) is 148 cm³/mol. The minimum absolute atomic E-state index is 0.0968. The second kappa shape index (κ2) is 10.7. The van der Waals surface area contributed by atoms with Gasteiger partial charge in [-0.25, -0.2) is 27.0 Å². The van der Waals surface area contributed by atoms with Gasteiger partial charge in [0.1, 0.15) is 28.3 Å². The first-order valence-corrected chi connectivity index (χ1v) is 14.9. The largest absolute Gasteiger partial charge is 0.395 e. The van der Waals surface area contributed by atoms with Gasteiger partial charge in [0.25, 0.3) is 5.92 Å². The monoisotopic (exact) mass is 575 g/mol.